The molecule has 1 unspecified atom stereocenters. The van der Waals surface area contributed by atoms with Crippen LogP contribution in [0, 0.1) is 16.7 Å². The third-order valence-electron chi connectivity index (χ3n) is 4.82. The van der Waals surface area contributed by atoms with Gasteiger partial charge in [0, 0.05) is 33.4 Å². The fraction of sp³-hybridized carbons (Fsp3) is 0.611. The minimum atomic E-state index is -0.729. The largest absolute Gasteiger partial charge is 0.375 e. The zero-order valence-corrected chi connectivity index (χ0v) is 14.4. The van der Waals surface area contributed by atoms with E-state index >= 15 is 0 Å². The van der Waals surface area contributed by atoms with Crippen molar-refractivity contribution in [1.29, 1.82) is 5.26 Å². The normalized spacial score (nSPS) is 21.9. The molecule has 1 amide bonds. The minimum Gasteiger partial charge on any atom is -0.375 e. The first-order valence-electron chi connectivity index (χ1n) is 8.48. The molecule has 1 aliphatic carbocycles. The molecule has 1 aromatic heterocycles. The van der Waals surface area contributed by atoms with Crippen LogP contribution in [0.4, 0.5) is 5.82 Å². The number of aryl methyl sites for hydroxylation is 1. The van der Waals surface area contributed by atoms with Crippen molar-refractivity contribution in [3.8, 4) is 6.07 Å². The first kappa shape index (κ1) is 16.7. The Bertz CT molecular complexity index is 649. The van der Waals surface area contributed by atoms with Gasteiger partial charge >= 0.3 is 0 Å². The van der Waals surface area contributed by atoms with Crippen LogP contribution >= 0.6 is 0 Å². The molecule has 0 aromatic carbocycles. The highest BCUT2D eigenvalue weighted by Crippen LogP contribution is 2.46. The van der Waals surface area contributed by atoms with Crippen LogP contribution < -0.4 is 4.90 Å². The lowest BCUT2D eigenvalue weighted by atomic mass is 10.0. The fourth-order valence-corrected chi connectivity index (χ4v) is 3.07. The summed E-state index contributed by atoms with van der Waals surface area (Å²) in [7, 11) is 3.95. The zero-order chi connectivity index (χ0) is 17.2. The molecule has 1 atom stereocenters. The molecule has 128 valence electrons. The molecule has 2 fully saturated rings. The highest BCUT2D eigenvalue weighted by atomic mass is 16.5. The van der Waals surface area contributed by atoms with E-state index in [1.165, 1.54) is 5.56 Å². The second-order valence-corrected chi connectivity index (χ2v) is 6.89. The maximum atomic E-state index is 12.5. The summed E-state index contributed by atoms with van der Waals surface area (Å²) >= 11 is 0. The molecule has 0 radical (unpaired) electrons. The lowest BCUT2D eigenvalue weighted by Gasteiger charge is -2.34. The number of carbonyl (C=O) groups is 1. The topological polar surface area (TPSA) is 69.5 Å². The van der Waals surface area contributed by atoms with Crippen LogP contribution in [0.2, 0.25) is 0 Å². The summed E-state index contributed by atoms with van der Waals surface area (Å²) in [6.07, 6.45) is 5.02. The third kappa shape index (κ3) is 3.51. The average Bonchev–Trinajstić information content (AvgIpc) is 3.41. The van der Waals surface area contributed by atoms with Gasteiger partial charge in [0.1, 0.15) is 11.2 Å². The molecule has 0 spiro atoms. The van der Waals surface area contributed by atoms with Gasteiger partial charge in [-0.2, -0.15) is 5.26 Å². The zero-order valence-electron chi connectivity index (χ0n) is 14.4. The van der Waals surface area contributed by atoms with E-state index in [-0.39, 0.29) is 12.0 Å². The molecule has 2 aliphatic rings. The van der Waals surface area contributed by atoms with Crippen LogP contribution in [-0.2, 0) is 16.0 Å². The fourth-order valence-electron chi connectivity index (χ4n) is 3.07. The van der Waals surface area contributed by atoms with Gasteiger partial charge in [-0.15, -0.1) is 0 Å². The van der Waals surface area contributed by atoms with Gasteiger partial charge in [0.25, 0.3) is 0 Å². The number of aromatic nitrogens is 1. The van der Waals surface area contributed by atoms with Crippen molar-refractivity contribution < 1.29 is 9.53 Å². The maximum Gasteiger partial charge on any atom is 0.243 e. The highest BCUT2D eigenvalue weighted by molar-refractivity contribution is 5.88. The second kappa shape index (κ2) is 6.78. The lowest BCUT2D eigenvalue weighted by Crippen LogP contribution is -2.48. The molecule has 1 aliphatic heterocycles. The standard InChI is InChI=1S/C18H24N4O2/c1-21(2)16-11-14(5-8-20-16)3-4-15-12-22(9-10-24-15)17(23)18(13-19)6-7-18/h5,8,11,15H,3-4,6-7,9-10,12H2,1-2H3. The summed E-state index contributed by atoms with van der Waals surface area (Å²) in [6, 6.07) is 6.30. The SMILES string of the molecule is CN(C)c1cc(CCC2CN(C(=O)C3(C#N)CC3)CCO2)ccn1. The summed E-state index contributed by atoms with van der Waals surface area (Å²) in [6.45, 7) is 1.74. The van der Waals surface area contributed by atoms with Crippen LogP contribution in [0.3, 0.4) is 0 Å². The van der Waals surface area contributed by atoms with Crippen molar-refractivity contribution in [3.63, 3.8) is 0 Å². The number of pyridine rings is 1. The third-order valence-corrected chi connectivity index (χ3v) is 4.82. The number of amides is 1. The number of hydrogen-bond acceptors (Lipinski definition) is 5. The predicted molar refractivity (Wildman–Crippen MR) is 90.5 cm³/mol. The Morgan fingerprint density at radius 3 is 3.00 bits per heavy atom. The summed E-state index contributed by atoms with van der Waals surface area (Å²) in [4.78, 5) is 20.6. The first-order chi connectivity index (χ1) is 11.5. The van der Waals surface area contributed by atoms with E-state index in [0.717, 1.165) is 18.7 Å². The number of carbonyl (C=O) groups excluding carboxylic acids is 1. The summed E-state index contributed by atoms with van der Waals surface area (Å²) in [5.74, 6) is 0.940. The Balaban J connectivity index is 1.55. The van der Waals surface area contributed by atoms with Gasteiger partial charge in [0.05, 0.1) is 18.8 Å². The number of nitriles is 1. The Kier molecular flexibility index (Phi) is 4.72. The summed E-state index contributed by atoms with van der Waals surface area (Å²) in [5, 5.41) is 9.21. The Hall–Kier alpha value is -2.13. The van der Waals surface area contributed by atoms with Crippen LogP contribution in [-0.4, -0.2) is 55.7 Å². The average molecular weight is 328 g/mol. The Morgan fingerprint density at radius 2 is 2.33 bits per heavy atom. The smallest absolute Gasteiger partial charge is 0.243 e. The minimum absolute atomic E-state index is 0.00268. The second-order valence-electron chi connectivity index (χ2n) is 6.89. The first-order valence-corrected chi connectivity index (χ1v) is 8.48. The number of hydrogen-bond donors (Lipinski definition) is 0. The molecule has 1 saturated heterocycles. The molecule has 1 aromatic rings. The van der Waals surface area contributed by atoms with Gasteiger partial charge in [-0.1, -0.05) is 0 Å². The molecule has 2 heterocycles. The number of ether oxygens (including phenoxy) is 1. The van der Waals surface area contributed by atoms with Crippen molar-refractivity contribution in [2.75, 3.05) is 38.7 Å². The molecule has 0 N–H and O–H groups in total. The summed E-state index contributed by atoms with van der Waals surface area (Å²) in [5.41, 5.74) is 0.490. The molecule has 24 heavy (non-hydrogen) atoms. The number of rotatable bonds is 5. The van der Waals surface area contributed by atoms with Crippen LogP contribution in [0.25, 0.3) is 0 Å². The van der Waals surface area contributed by atoms with Gasteiger partial charge in [0.15, 0.2) is 0 Å². The van der Waals surface area contributed by atoms with Crippen molar-refractivity contribution in [3.05, 3.63) is 23.9 Å². The van der Waals surface area contributed by atoms with Crippen LogP contribution in [0.1, 0.15) is 24.8 Å². The monoisotopic (exact) mass is 328 g/mol. The van der Waals surface area contributed by atoms with Crippen molar-refractivity contribution >= 4 is 11.7 Å². The van der Waals surface area contributed by atoms with Gasteiger partial charge in [-0.05, 0) is 43.4 Å². The van der Waals surface area contributed by atoms with E-state index in [1.807, 2.05) is 36.2 Å². The van der Waals surface area contributed by atoms with Gasteiger partial charge in [-0.25, -0.2) is 4.98 Å². The molecule has 6 nitrogen and oxygen atoms in total. The Morgan fingerprint density at radius 1 is 1.54 bits per heavy atom. The molecular formula is C18H24N4O2. The lowest BCUT2D eigenvalue weighted by molar-refractivity contribution is -0.142. The molecule has 6 heteroatoms. The number of morpholine rings is 1. The highest BCUT2D eigenvalue weighted by Gasteiger charge is 2.53. The molecular weight excluding hydrogens is 304 g/mol. The van der Waals surface area contributed by atoms with E-state index < -0.39 is 5.41 Å². The van der Waals surface area contributed by atoms with Gasteiger partial charge < -0.3 is 14.5 Å². The quantitative estimate of drug-likeness (QED) is 0.821. The van der Waals surface area contributed by atoms with E-state index in [1.54, 1.807) is 0 Å². The van der Waals surface area contributed by atoms with Crippen LogP contribution in [0.15, 0.2) is 18.3 Å². The van der Waals surface area contributed by atoms with E-state index in [0.29, 0.717) is 32.5 Å². The Labute approximate surface area is 143 Å². The van der Waals surface area contributed by atoms with Crippen molar-refractivity contribution in [2.45, 2.75) is 31.8 Å². The van der Waals surface area contributed by atoms with Crippen molar-refractivity contribution in [2.24, 2.45) is 5.41 Å². The predicted octanol–water partition coefficient (Wildman–Crippen LogP) is 1.61. The summed E-state index contributed by atoms with van der Waals surface area (Å²) < 4.78 is 5.82. The van der Waals surface area contributed by atoms with Gasteiger partial charge in [-0.3, -0.25) is 4.79 Å². The van der Waals surface area contributed by atoms with Gasteiger partial charge in [0.2, 0.25) is 5.91 Å². The molecule has 0 bridgehead atoms. The van der Waals surface area contributed by atoms with E-state index in [2.05, 4.69) is 17.1 Å². The number of anilines is 1. The molecule has 3 rings (SSSR count). The van der Waals surface area contributed by atoms with Crippen LogP contribution in [0.5, 0.6) is 0 Å². The van der Waals surface area contributed by atoms with E-state index in [9.17, 15) is 10.1 Å². The maximum absolute atomic E-state index is 12.5. The van der Waals surface area contributed by atoms with E-state index in [4.69, 9.17) is 4.74 Å². The van der Waals surface area contributed by atoms with Crippen molar-refractivity contribution in [1.82, 2.24) is 9.88 Å². The number of nitrogens with zero attached hydrogens (tertiary/aromatic N) is 4. The molecule has 1 saturated carbocycles.